The van der Waals surface area contributed by atoms with Crippen molar-refractivity contribution < 1.29 is 36.3 Å². The smallest absolute Gasteiger partial charge is 0.475 e. The number of anilines is 1. The number of aliphatic carboxylic acids is 1. The highest BCUT2D eigenvalue weighted by molar-refractivity contribution is 7.91. The second-order valence-electron chi connectivity index (χ2n) is 10.3. The maximum atomic E-state index is 13.1. The molecule has 0 radical (unpaired) electrons. The molecule has 0 fully saturated rings. The molecule has 0 unspecified atom stereocenters. The van der Waals surface area contributed by atoms with Crippen LogP contribution in [0.3, 0.4) is 0 Å². The Morgan fingerprint density at radius 3 is 2.23 bits per heavy atom. The van der Waals surface area contributed by atoms with E-state index in [4.69, 9.17) is 9.90 Å². The van der Waals surface area contributed by atoms with Gasteiger partial charge in [-0.25, -0.2) is 13.2 Å². The van der Waals surface area contributed by atoms with E-state index in [1.807, 2.05) is 43.3 Å². The monoisotopic (exact) mass is 635 g/mol. The Balaban J connectivity index is 0.000000676. The van der Waals surface area contributed by atoms with Crippen molar-refractivity contribution in [2.75, 3.05) is 58.1 Å². The van der Waals surface area contributed by atoms with Crippen LogP contribution in [0, 0.1) is 0 Å². The number of carbonyl (C=O) groups is 2. The first-order valence-corrected chi connectivity index (χ1v) is 15.4. The SMILES string of the molecule is CN(CCc1ccc(C2=NCCN2)cc1)C(=O)CCNCS(=O)(=O)c1cccc2c(N(C)C)cccc12.O=C(O)C(F)(F)F. The first-order valence-electron chi connectivity index (χ1n) is 13.7. The molecule has 1 aliphatic heterocycles. The molecule has 10 nitrogen and oxygen atoms in total. The van der Waals surface area contributed by atoms with Crippen LogP contribution in [0.15, 0.2) is 70.6 Å². The Kier molecular flexibility index (Phi) is 11.7. The van der Waals surface area contributed by atoms with Crippen LogP contribution >= 0.6 is 0 Å². The van der Waals surface area contributed by atoms with E-state index in [9.17, 15) is 26.4 Å². The van der Waals surface area contributed by atoms with Gasteiger partial charge in [0.15, 0.2) is 9.84 Å². The summed E-state index contributed by atoms with van der Waals surface area (Å²) in [6.07, 6.45) is -4.10. The quantitative estimate of drug-likeness (QED) is 0.274. The summed E-state index contributed by atoms with van der Waals surface area (Å²) in [7, 11) is 2.08. The molecule has 1 heterocycles. The van der Waals surface area contributed by atoms with Gasteiger partial charge in [-0.05, 0) is 24.1 Å². The highest BCUT2D eigenvalue weighted by Gasteiger charge is 2.38. The van der Waals surface area contributed by atoms with Crippen LogP contribution in [0.25, 0.3) is 10.8 Å². The van der Waals surface area contributed by atoms with Crippen molar-refractivity contribution >= 4 is 44.0 Å². The molecule has 0 bridgehead atoms. The summed E-state index contributed by atoms with van der Waals surface area (Å²) < 4.78 is 57.9. The zero-order chi connectivity index (χ0) is 32.5. The number of amides is 1. The summed E-state index contributed by atoms with van der Waals surface area (Å²) in [6.45, 7) is 2.58. The number of nitrogens with one attached hydrogen (secondary N) is 2. The zero-order valence-corrected chi connectivity index (χ0v) is 25.5. The molecule has 0 saturated heterocycles. The van der Waals surface area contributed by atoms with Gasteiger partial charge in [-0.15, -0.1) is 0 Å². The second-order valence-corrected chi connectivity index (χ2v) is 12.2. The van der Waals surface area contributed by atoms with E-state index in [-0.39, 0.29) is 18.2 Å². The number of sulfone groups is 1. The largest absolute Gasteiger partial charge is 0.490 e. The van der Waals surface area contributed by atoms with Crippen LogP contribution in [-0.4, -0.2) is 95.5 Å². The predicted octanol–water partition coefficient (Wildman–Crippen LogP) is 3.30. The Labute approximate surface area is 254 Å². The van der Waals surface area contributed by atoms with Gasteiger partial charge in [0.25, 0.3) is 0 Å². The lowest BCUT2D eigenvalue weighted by Crippen LogP contribution is -2.33. The van der Waals surface area contributed by atoms with E-state index in [0.717, 1.165) is 47.5 Å². The van der Waals surface area contributed by atoms with Gasteiger partial charge in [-0.1, -0.05) is 48.5 Å². The van der Waals surface area contributed by atoms with Crippen molar-refractivity contribution in [2.45, 2.75) is 23.9 Å². The maximum absolute atomic E-state index is 13.1. The van der Waals surface area contributed by atoms with Crippen LogP contribution in [0.2, 0.25) is 0 Å². The van der Waals surface area contributed by atoms with Crippen molar-refractivity contribution in [2.24, 2.45) is 4.99 Å². The Bertz CT molecular complexity index is 1590. The van der Waals surface area contributed by atoms with Gasteiger partial charge in [-0.3, -0.25) is 9.79 Å². The fraction of sp³-hybridized carbons (Fsp3) is 0.367. The lowest BCUT2D eigenvalue weighted by molar-refractivity contribution is -0.192. The molecular formula is C30H36F3N5O5S. The minimum Gasteiger partial charge on any atom is -0.475 e. The van der Waals surface area contributed by atoms with E-state index in [2.05, 4.69) is 39.9 Å². The minimum absolute atomic E-state index is 0.0215. The number of carboxylic acids is 1. The fourth-order valence-corrected chi connectivity index (χ4v) is 5.81. The average molecular weight is 636 g/mol. The van der Waals surface area contributed by atoms with Gasteiger partial charge in [0.05, 0.1) is 11.4 Å². The van der Waals surface area contributed by atoms with Crippen molar-refractivity contribution in [1.82, 2.24) is 15.5 Å². The number of hydrogen-bond acceptors (Lipinski definition) is 8. The molecule has 1 amide bonds. The number of hydrogen-bond donors (Lipinski definition) is 3. The van der Waals surface area contributed by atoms with Crippen molar-refractivity contribution in [1.29, 1.82) is 0 Å². The lowest BCUT2D eigenvalue weighted by atomic mass is 10.1. The summed E-state index contributed by atoms with van der Waals surface area (Å²) in [6, 6.07) is 19.3. The third-order valence-electron chi connectivity index (χ3n) is 6.79. The number of halogens is 3. The molecule has 44 heavy (non-hydrogen) atoms. The summed E-state index contributed by atoms with van der Waals surface area (Å²) in [5.74, 6) is -2.06. The van der Waals surface area contributed by atoms with Gasteiger partial charge in [0, 0.05) is 69.2 Å². The van der Waals surface area contributed by atoms with Gasteiger partial charge >= 0.3 is 12.1 Å². The first kappa shape index (κ1) is 34.3. The topological polar surface area (TPSA) is 131 Å². The van der Waals surface area contributed by atoms with Crippen LogP contribution in [0.4, 0.5) is 18.9 Å². The van der Waals surface area contributed by atoms with Crippen molar-refractivity contribution in [3.63, 3.8) is 0 Å². The number of aliphatic imine (C=N–C) groups is 1. The highest BCUT2D eigenvalue weighted by atomic mass is 32.2. The van der Waals surface area contributed by atoms with Gasteiger partial charge in [0.1, 0.15) is 11.7 Å². The standard InChI is InChI=1S/C28H35N5O3S.C2HF3O2/c1-32(2)25-8-4-7-24-23(25)6-5-9-26(24)37(35,36)20-29-16-14-27(34)33(3)19-15-21-10-12-22(13-11-21)28-30-17-18-31-28;3-2(4,5)1(6)7/h4-13,29H,14-20H2,1-3H3,(H,30,31);(H,6,7). The minimum atomic E-state index is -5.08. The number of alkyl halides is 3. The molecule has 0 aliphatic carbocycles. The van der Waals surface area contributed by atoms with Gasteiger partial charge in [-0.2, -0.15) is 13.2 Å². The van der Waals surface area contributed by atoms with Crippen molar-refractivity contribution in [3.05, 3.63) is 71.8 Å². The van der Waals surface area contributed by atoms with E-state index in [1.54, 1.807) is 24.1 Å². The molecule has 238 valence electrons. The Morgan fingerprint density at radius 2 is 1.64 bits per heavy atom. The normalized spacial score (nSPS) is 13.0. The number of benzene rings is 3. The zero-order valence-electron chi connectivity index (χ0n) is 24.7. The number of carbonyl (C=O) groups excluding carboxylic acids is 1. The third-order valence-corrected chi connectivity index (χ3v) is 8.40. The van der Waals surface area contributed by atoms with E-state index in [1.165, 1.54) is 0 Å². The average Bonchev–Trinajstić information content (AvgIpc) is 3.52. The van der Waals surface area contributed by atoms with Crippen LogP contribution in [-0.2, 0) is 25.8 Å². The van der Waals surface area contributed by atoms with Crippen LogP contribution in [0.5, 0.6) is 0 Å². The number of rotatable bonds is 11. The summed E-state index contributed by atoms with van der Waals surface area (Å²) in [5, 5.41) is 14.9. The fourth-order valence-electron chi connectivity index (χ4n) is 4.44. The molecule has 14 heteroatoms. The van der Waals surface area contributed by atoms with Gasteiger partial charge in [0.2, 0.25) is 5.91 Å². The molecular weight excluding hydrogens is 599 g/mol. The number of nitrogens with zero attached hydrogens (tertiary/aromatic N) is 3. The molecule has 0 aromatic heterocycles. The number of fused-ring (bicyclic) bond motifs is 1. The highest BCUT2D eigenvalue weighted by Crippen LogP contribution is 2.30. The molecule has 3 N–H and O–H groups in total. The Morgan fingerprint density at radius 1 is 1.00 bits per heavy atom. The second kappa shape index (κ2) is 15.0. The summed E-state index contributed by atoms with van der Waals surface area (Å²) in [5.41, 5.74) is 3.19. The van der Waals surface area contributed by atoms with E-state index in [0.29, 0.717) is 23.4 Å². The van der Waals surface area contributed by atoms with E-state index >= 15 is 0 Å². The molecule has 0 spiro atoms. The first-order chi connectivity index (χ1) is 20.7. The third kappa shape index (κ3) is 9.41. The predicted molar refractivity (Wildman–Crippen MR) is 164 cm³/mol. The molecule has 4 rings (SSSR count). The molecule has 3 aromatic carbocycles. The number of amidine groups is 1. The van der Waals surface area contributed by atoms with E-state index < -0.39 is 22.0 Å². The lowest BCUT2D eigenvalue weighted by Gasteiger charge is -2.18. The van der Waals surface area contributed by atoms with Gasteiger partial charge < -0.3 is 25.5 Å². The number of carboxylic acid groups (broad SMARTS) is 1. The Hall–Kier alpha value is -4.17. The molecule has 0 atom stereocenters. The molecule has 0 saturated carbocycles. The van der Waals surface area contributed by atoms with Crippen molar-refractivity contribution in [3.8, 4) is 0 Å². The van der Waals surface area contributed by atoms with Crippen LogP contribution < -0.4 is 15.5 Å². The summed E-state index contributed by atoms with van der Waals surface area (Å²) in [4.78, 5) is 29.9. The summed E-state index contributed by atoms with van der Waals surface area (Å²) >= 11 is 0. The van der Waals surface area contributed by atoms with Crippen LogP contribution in [0.1, 0.15) is 17.5 Å². The maximum Gasteiger partial charge on any atom is 0.490 e. The molecule has 3 aromatic rings. The molecule has 1 aliphatic rings. The number of likely N-dealkylation sites (N-methyl/N-ethyl adjacent to an activating group) is 1.